The van der Waals surface area contributed by atoms with Gasteiger partial charge in [0.05, 0.1) is 0 Å². The van der Waals surface area contributed by atoms with Gasteiger partial charge in [-0.05, 0) is 55.4 Å². The van der Waals surface area contributed by atoms with E-state index in [0.29, 0.717) is 23.5 Å². The van der Waals surface area contributed by atoms with E-state index in [1.165, 1.54) is 18.9 Å². The minimum Gasteiger partial charge on any atom is -0.423 e. The SMILES string of the molecule is CC1C[C@H](CNc2ccc3oc(=O)ccc3c2)CC[C@H]1N. The number of nitrogens with two attached hydrogens (primary N) is 1. The van der Waals surface area contributed by atoms with Crippen molar-refractivity contribution in [3.8, 4) is 0 Å². The van der Waals surface area contributed by atoms with Crippen molar-refractivity contribution in [2.75, 3.05) is 11.9 Å². The van der Waals surface area contributed by atoms with Gasteiger partial charge in [0.2, 0.25) is 0 Å². The van der Waals surface area contributed by atoms with Crippen LogP contribution in [-0.4, -0.2) is 12.6 Å². The van der Waals surface area contributed by atoms with E-state index >= 15 is 0 Å². The van der Waals surface area contributed by atoms with Gasteiger partial charge >= 0.3 is 5.63 Å². The van der Waals surface area contributed by atoms with Crippen molar-refractivity contribution in [2.45, 2.75) is 32.2 Å². The average molecular weight is 286 g/mol. The maximum atomic E-state index is 11.2. The molecule has 21 heavy (non-hydrogen) atoms. The van der Waals surface area contributed by atoms with Crippen LogP contribution in [0.1, 0.15) is 26.2 Å². The number of anilines is 1. The molecule has 1 aromatic heterocycles. The van der Waals surface area contributed by atoms with Gasteiger partial charge in [-0.25, -0.2) is 4.79 Å². The highest BCUT2D eigenvalue weighted by molar-refractivity contribution is 5.80. The summed E-state index contributed by atoms with van der Waals surface area (Å²) in [7, 11) is 0. The molecule has 1 fully saturated rings. The first-order valence-corrected chi connectivity index (χ1v) is 7.65. The largest absolute Gasteiger partial charge is 0.423 e. The maximum Gasteiger partial charge on any atom is 0.336 e. The summed E-state index contributed by atoms with van der Waals surface area (Å²) in [5.74, 6) is 1.29. The highest BCUT2D eigenvalue weighted by Crippen LogP contribution is 2.28. The standard InChI is InChI=1S/C17H22N2O2/c1-11-8-12(2-5-15(11)18)10-19-14-4-6-16-13(9-14)3-7-17(20)21-16/h3-4,6-7,9,11-12,15,19H,2,5,8,10,18H2,1H3/t11?,12-,15-/m1/s1. The summed E-state index contributed by atoms with van der Waals surface area (Å²) in [5.41, 5.74) is 7.45. The van der Waals surface area contributed by atoms with E-state index in [-0.39, 0.29) is 5.63 Å². The van der Waals surface area contributed by atoms with E-state index in [0.717, 1.165) is 24.0 Å². The Morgan fingerprint density at radius 1 is 1.29 bits per heavy atom. The summed E-state index contributed by atoms with van der Waals surface area (Å²) < 4.78 is 5.14. The monoisotopic (exact) mass is 286 g/mol. The lowest BCUT2D eigenvalue weighted by atomic mass is 9.79. The Hall–Kier alpha value is -1.81. The van der Waals surface area contributed by atoms with Crippen molar-refractivity contribution >= 4 is 16.7 Å². The van der Waals surface area contributed by atoms with E-state index in [4.69, 9.17) is 10.2 Å². The Labute approximate surface area is 124 Å². The van der Waals surface area contributed by atoms with Crippen molar-refractivity contribution in [1.82, 2.24) is 0 Å². The van der Waals surface area contributed by atoms with Crippen molar-refractivity contribution in [3.63, 3.8) is 0 Å². The van der Waals surface area contributed by atoms with Gasteiger partial charge in [0.1, 0.15) is 5.58 Å². The first-order valence-electron chi connectivity index (χ1n) is 7.65. The van der Waals surface area contributed by atoms with Crippen LogP contribution in [0, 0.1) is 11.8 Å². The second-order valence-corrected chi connectivity index (χ2v) is 6.21. The van der Waals surface area contributed by atoms with Crippen LogP contribution in [0.2, 0.25) is 0 Å². The Morgan fingerprint density at radius 2 is 2.14 bits per heavy atom. The fourth-order valence-corrected chi connectivity index (χ4v) is 3.16. The minimum atomic E-state index is -0.309. The molecule has 0 bridgehead atoms. The zero-order chi connectivity index (χ0) is 14.8. The normalized spacial score (nSPS) is 25.9. The van der Waals surface area contributed by atoms with Crippen LogP contribution in [0.15, 0.2) is 39.5 Å². The molecule has 4 nitrogen and oxygen atoms in total. The molecule has 0 saturated heterocycles. The van der Waals surface area contributed by atoms with Crippen LogP contribution in [0.5, 0.6) is 0 Å². The van der Waals surface area contributed by atoms with Crippen LogP contribution in [0.3, 0.4) is 0 Å². The van der Waals surface area contributed by atoms with Crippen molar-refractivity contribution in [2.24, 2.45) is 17.6 Å². The van der Waals surface area contributed by atoms with Crippen LogP contribution >= 0.6 is 0 Å². The predicted octanol–water partition coefficient (Wildman–Crippen LogP) is 2.97. The average Bonchev–Trinajstić information content (AvgIpc) is 2.48. The first-order chi connectivity index (χ1) is 10.1. The fourth-order valence-electron chi connectivity index (χ4n) is 3.16. The quantitative estimate of drug-likeness (QED) is 0.851. The number of hydrogen-bond donors (Lipinski definition) is 2. The fraction of sp³-hybridized carbons (Fsp3) is 0.471. The minimum absolute atomic E-state index is 0.309. The molecule has 2 aromatic rings. The summed E-state index contributed by atoms with van der Waals surface area (Å²) in [6, 6.07) is 9.45. The maximum absolute atomic E-state index is 11.2. The molecule has 0 radical (unpaired) electrons. The molecular weight excluding hydrogens is 264 g/mol. The molecule has 3 rings (SSSR count). The van der Waals surface area contributed by atoms with Gasteiger partial charge < -0.3 is 15.5 Å². The summed E-state index contributed by atoms with van der Waals surface area (Å²) in [5, 5.41) is 4.44. The predicted molar refractivity (Wildman–Crippen MR) is 85.5 cm³/mol. The number of fused-ring (bicyclic) bond motifs is 1. The molecule has 112 valence electrons. The molecule has 1 aliphatic rings. The van der Waals surface area contributed by atoms with E-state index in [9.17, 15) is 4.79 Å². The molecule has 0 aliphatic heterocycles. The Kier molecular flexibility index (Phi) is 3.97. The molecular formula is C17H22N2O2. The van der Waals surface area contributed by atoms with Crippen molar-refractivity contribution in [1.29, 1.82) is 0 Å². The van der Waals surface area contributed by atoms with E-state index in [1.807, 2.05) is 18.2 Å². The van der Waals surface area contributed by atoms with Gasteiger partial charge in [-0.3, -0.25) is 0 Å². The van der Waals surface area contributed by atoms with E-state index in [2.05, 4.69) is 12.2 Å². The number of hydrogen-bond acceptors (Lipinski definition) is 4. The lowest BCUT2D eigenvalue weighted by Crippen LogP contribution is -2.36. The molecule has 1 heterocycles. The van der Waals surface area contributed by atoms with Gasteiger partial charge in [-0.1, -0.05) is 6.92 Å². The topological polar surface area (TPSA) is 68.3 Å². The zero-order valence-corrected chi connectivity index (χ0v) is 12.3. The van der Waals surface area contributed by atoms with Crippen LogP contribution in [0.25, 0.3) is 11.0 Å². The lowest BCUT2D eigenvalue weighted by molar-refractivity contribution is 0.257. The van der Waals surface area contributed by atoms with Gasteiger partial charge in [0.15, 0.2) is 0 Å². The highest BCUT2D eigenvalue weighted by atomic mass is 16.4. The molecule has 0 spiro atoms. The van der Waals surface area contributed by atoms with E-state index < -0.39 is 0 Å². The highest BCUT2D eigenvalue weighted by Gasteiger charge is 2.24. The van der Waals surface area contributed by atoms with E-state index in [1.54, 1.807) is 6.07 Å². The van der Waals surface area contributed by atoms with Gasteiger partial charge in [0.25, 0.3) is 0 Å². The number of nitrogens with one attached hydrogen (secondary N) is 1. The molecule has 1 saturated carbocycles. The zero-order valence-electron chi connectivity index (χ0n) is 12.3. The van der Waals surface area contributed by atoms with Crippen LogP contribution in [0.4, 0.5) is 5.69 Å². The molecule has 1 aliphatic carbocycles. The Bertz CT molecular complexity index is 680. The molecule has 3 atom stereocenters. The van der Waals surface area contributed by atoms with Crippen molar-refractivity contribution in [3.05, 3.63) is 40.8 Å². The molecule has 3 N–H and O–H groups in total. The molecule has 1 aromatic carbocycles. The molecule has 0 amide bonds. The third-order valence-corrected chi connectivity index (χ3v) is 4.56. The summed E-state index contributed by atoms with van der Waals surface area (Å²) in [6.45, 7) is 3.22. The number of benzene rings is 1. The van der Waals surface area contributed by atoms with Gasteiger partial charge in [-0.15, -0.1) is 0 Å². The Morgan fingerprint density at radius 3 is 2.95 bits per heavy atom. The van der Waals surface area contributed by atoms with Crippen LogP contribution < -0.4 is 16.7 Å². The van der Waals surface area contributed by atoms with Gasteiger partial charge in [-0.2, -0.15) is 0 Å². The first kappa shape index (κ1) is 14.1. The molecule has 1 unspecified atom stereocenters. The summed E-state index contributed by atoms with van der Waals surface area (Å²) in [4.78, 5) is 11.2. The third-order valence-electron chi connectivity index (χ3n) is 4.56. The lowest BCUT2D eigenvalue weighted by Gasteiger charge is -2.32. The second-order valence-electron chi connectivity index (χ2n) is 6.21. The summed E-state index contributed by atoms with van der Waals surface area (Å²) >= 11 is 0. The smallest absolute Gasteiger partial charge is 0.336 e. The summed E-state index contributed by atoms with van der Waals surface area (Å²) in [6.07, 6.45) is 3.51. The number of rotatable bonds is 3. The van der Waals surface area contributed by atoms with Gasteiger partial charge in [0, 0.05) is 29.7 Å². The van der Waals surface area contributed by atoms with Crippen molar-refractivity contribution < 1.29 is 4.42 Å². The second kappa shape index (κ2) is 5.90. The Balaban J connectivity index is 1.65. The molecule has 4 heteroatoms. The third kappa shape index (κ3) is 3.27. The van der Waals surface area contributed by atoms with Crippen LogP contribution in [-0.2, 0) is 0 Å².